The zero-order chi connectivity index (χ0) is 13.3. The number of carbonyl (C=O) groups excluding carboxylic acids is 1. The minimum atomic E-state index is -0.354. The first-order valence-corrected chi connectivity index (χ1v) is 6.32. The third-order valence-electron chi connectivity index (χ3n) is 3.34. The molecule has 2 N–H and O–H groups in total. The lowest BCUT2D eigenvalue weighted by molar-refractivity contribution is 0.0296. The van der Waals surface area contributed by atoms with Crippen molar-refractivity contribution < 1.29 is 15.0 Å². The molecule has 1 aliphatic heterocycles. The van der Waals surface area contributed by atoms with Crippen LogP contribution in [0.3, 0.4) is 0 Å². The number of aromatic hydroxyl groups is 1. The number of hydrogen-bond donors (Lipinski definition) is 2. The maximum Gasteiger partial charge on any atom is 0.257 e. The van der Waals surface area contributed by atoms with Crippen LogP contribution in [0.5, 0.6) is 5.75 Å². The van der Waals surface area contributed by atoms with E-state index < -0.39 is 0 Å². The fourth-order valence-corrected chi connectivity index (χ4v) is 2.34. The van der Waals surface area contributed by atoms with Gasteiger partial charge in [0.1, 0.15) is 5.75 Å². The molecule has 1 aliphatic rings. The largest absolute Gasteiger partial charge is 0.507 e. The molecule has 2 rings (SSSR count). The van der Waals surface area contributed by atoms with Crippen molar-refractivity contribution in [1.29, 1.82) is 0 Å². The van der Waals surface area contributed by atoms with Crippen molar-refractivity contribution >= 4 is 17.5 Å². The number of likely N-dealkylation sites (tertiary alicyclic amines) is 1. The molecule has 1 heterocycles. The molecule has 1 amide bonds. The predicted molar refractivity (Wildman–Crippen MR) is 68.8 cm³/mol. The number of aliphatic hydroxyl groups excluding tert-OH is 1. The smallest absolute Gasteiger partial charge is 0.257 e. The predicted octanol–water partition coefficient (Wildman–Crippen LogP) is 1.89. The fraction of sp³-hybridized carbons (Fsp3) is 0.462. The molecule has 5 heteroatoms. The van der Waals surface area contributed by atoms with Crippen LogP contribution >= 0.6 is 11.6 Å². The van der Waals surface area contributed by atoms with Gasteiger partial charge >= 0.3 is 0 Å². The maximum absolute atomic E-state index is 12.2. The monoisotopic (exact) mass is 269 g/mol. The molecule has 1 fully saturated rings. The number of rotatable bonds is 1. The summed E-state index contributed by atoms with van der Waals surface area (Å²) in [5.41, 5.74) is 0.253. The molecule has 0 spiro atoms. The lowest BCUT2D eigenvalue weighted by Crippen LogP contribution is -2.44. The molecule has 2 atom stereocenters. The third kappa shape index (κ3) is 2.60. The van der Waals surface area contributed by atoms with Gasteiger partial charge in [-0.1, -0.05) is 18.5 Å². The van der Waals surface area contributed by atoms with E-state index in [0.717, 1.165) is 0 Å². The van der Waals surface area contributed by atoms with E-state index >= 15 is 0 Å². The third-order valence-corrected chi connectivity index (χ3v) is 3.57. The van der Waals surface area contributed by atoms with E-state index in [1.165, 1.54) is 12.1 Å². The SMILES string of the molecule is CC1CN(C(=O)c2ccc(Cl)cc2O)CCC1O. The first kappa shape index (κ1) is 13.2. The molecule has 1 aromatic rings. The van der Waals surface area contributed by atoms with Gasteiger partial charge in [0, 0.05) is 18.1 Å². The van der Waals surface area contributed by atoms with Gasteiger partial charge in [-0.25, -0.2) is 0 Å². The number of piperidine rings is 1. The summed E-state index contributed by atoms with van der Waals surface area (Å²) in [7, 11) is 0. The van der Waals surface area contributed by atoms with Crippen LogP contribution in [0.4, 0.5) is 0 Å². The average molecular weight is 270 g/mol. The van der Waals surface area contributed by atoms with Crippen LogP contribution < -0.4 is 0 Å². The van der Waals surface area contributed by atoms with Crippen molar-refractivity contribution in [2.24, 2.45) is 5.92 Å². The second-order valence-corrected chi connectivity index (χ2v) is 5.18. The van der Waals surface area contributed by atoms with Crippen molar-refractivity contribution in [3.05, 3.63) is 28.8 Å². The standard InChI is InChI=1S/C13H16ClNO3/c1-8-7-15(5-4-11(8)16)13(18)10-3-2-9(14)6-12(10)17/h2-3,6,8,11,16-17H,4-5,7H2,1H3. The molecule has 0 bridgehead atoms. The number of benzene rings is 1. The second-order valence-electron chi connectivity index (χ2n) is 4.75. The lowest BCUT2D eigenvalue weighted by Gasteiger charge is -2.34. The minimum absolute atomic E-state index is 0.0529. The van der Waals surface area contributed by atoms with E-state index in [2.05, 4.69) is 0 Å². The Hall–Kier alpha value is -1.26. The Morgan fingerprint density at radius 2 is 2.22 bits per heavy atom. The summed E-state index contributed by atoms with van der Waals surface area (Å²) in [6, 6.07) is 4.46. The molecule has 0 aliphatic carbocycles. The van der Waals surface area contributed by atoms with Crippen LogP contribution in [0.25, 0.3) is 0 Å². The molecular formula is C13H16ClNO3. The Labute approximate surface area is 111 Å². The topological polar surface area (TPSA) is 60.8 Å². The zero-order valence-electron chi connectivity index (χ0n) is 10.1. The van der Waals surface area contributed by atoms with Crippen LogP contribution in [-0.2, 0) is 0 Å². The Bertz CT molecular complexity index is 464. The summed E-state index contributed by atoms with van der Waals surface area (Å²) in [5.74, 6) is -0.272. The van der Waals surface area contributed by atoms with E-state index in [1.54, 1.807) is 11.0 Å². The Kier molecular flexibility index (Phi) is 3.78. The highest BCUT2D eigenvalue weighted by molar-refractivity contribution is 6.30. The fourth-order valence-electron chi connectivity index (χ4n) is 2.17. The Morgan fingerprint density at radius 1 is 1.50 bits per heavy atom. The van der Waals surface area contributed by atoms with Gasteiger partial charge in [0.05, 0.1) is 11.7 Å². The van der Waals surface area contributed by atoms with Crippen molar-refractivity contribution in [3.8, 4) is 5.75 Å². The molecule has 1 saturated heterocycles. The summed E-state index contributed by atoms with van der Waals surface area (Å²) in [6.45, 7) is 2.92. The molecule has 0 saturated carbocycles. The van der Waals surface area contributed by atoms with E-state index in [4.69, 9.17) is 11.6 Å². The number of carbonyl (C=O) groups is 1. The molecule has 4 nitrogen and oxygen atoms in total. The van der Waals surface area contributed by atoms with Gasteiger partial charge in [-0.05, 0) is 30.5 Å². The number of amides is 1. The first-order valence-electron chi connectivity index (χ1n) is 5.95. The molecule has 0 aromatic heterocycles. The van der Waals surface area contributed by atoms with Gasteiger partial charge in [0.2, 0.25) is 0 Å². The summed E-state index contributed by atoms with van der Waals surface area (Å²) in [4.78, 5) is 13.9. The van der Waals surface area contributed by atoms with Gasteiger partial charge in [-0.3, -0.25) is 4.79 Å². The number of halogens is 1. The van der Waals surface area contributed by atoms with E-state index in [-0.39, 0.29) is 29.2 Å². The van der Waals surface area contributed by atoms with Crippen LogP contribution in [-0.4, -0.2) is 40.2 Å². The van der Waals surface area contributed by atoms with E-state index in [1.807, 2.05) is 6.92 Å². The van der Waals surface area contributed by atoms with Gasteiger partial charge in [0.15, 0.2) is 0 Å². The molecular weight excluding hydrogens is 254 g/mol. The Balaban J connectivity index is 2.16. The number of aliphatic hydroxyl groups is 1. The quantitative estimate of drug-likeness (QED) is 0.818. The second kappa shape index (κ2) is 5.16. The summed E-state index contributed by atoms with van der Waals surface area (Å²) in [5, 5.41) is 19.8. The van der Waals surface area contributed by atoms with Gasteiger partial charge in [0.25, 0.3) is 5.91 Å². The maximum atomic E-state index is 12.2. The highest BCUT2D eigenvalue weighted by Crippen LogP contribution is 2.25. The molecule has 18 heavy (non-hydrogen) atoms. The molecule has 98 valence electrons. The van der Waals surface area contributed by atoms with Crippen LogP contribution in [0.1, 0.15) is 23.7 Å². The van der Waals surface area contributed by atoms with Crippen molar-refractivity contribution in [2.75, 3.05) is 13.1 Å². The van der Waals surface area contributed by atoms with Crippen molar-refractivity contribution in [3.63, 3.8) is 0 Å². The molecule has 2 unspecified atom stereocenters. The highest BCUT2D eigenvalue weighted by atomic mass is 35.5. The minimum Gasteiger partial charge on any atom is -0.507 e. The van der Waals surface area contributed by atoms with Crippen LogP contribution in [0, 0.1) is 5.92 Å². The van der Waals surface area contributed by atoms with Gasteiger partial charge in [-0.2, -0.15) is 0 Å². The van der Waals surface area contributed by atoms with E-state index in [9.17, 15) is 15.0 Å². The van der Waals surface area contributed by atoms with Gasteiger partial charge < -0.3 is 15.1 Å². The summed E-state index contributed by atoms with van der Waals surface area (Å²) in [6.07, 6.45) is 0.217. The average Bonchev–Trinajstić information content (AvgIpc) is 2.32. The Morgan fingerprint density at radius 3 is 2.83 bits per heavy atom. The number of nitrogens with zero attached hydrogens (tertiary/aromatic N) is 1. The van der Waals surface area contributed by atoms with Gasteiger partial charge in [-0.15, -0.1) is 0 Å². The number of phenols is 1. The number of phenolic OH excluding ortho intramolecular Hbond substituents is 1. The molecule has 0 radical (unpaired) electrons. The zero-order valence-corrected chi connectivity index (χ0v) is 10.9. The lowest BCUT2D eigenvalue weighted by atomic mass is 9.96. The summed E-state index contributed by atoms with van der Waals surface area (Å²) >= 11 is 5.73. The van der Waals surface area contributed by atoms with E-state index in [0.29, 0.717) is 24.5 Å². The van der Waals surface area contributed by atoms with Crippen LogP contribution in [0.15, 0.2) is 18.2 Å². The number of hydrogen-bond acceptors (Lipinski definition) is 3. The molecule has 1 aromatic carbocycles. The van der Waals surface area contributed by atoms with Crippen molar-refractivity contribution in [1.82, 2.24) is 4.90 Å². The van der Waals surface area contributed by atoms with Crippen molar-refractivity contribution in [2.45, 2.75) is 19.4 Å². The highest BCUT2D eigenvalue weighted by Gasteiger charge is 2.28. The normalized spacial score (nSPS) is 24.1. The first-order chi connectivity index (χ1) is 8.49. The van der Waals surface area contributed by atoms with Crippen LogP contribution in [0.2, 0.25) is 5.02 Å². The summed E-state index contributed by atoms with van der Waals surface area (Å²) < 4.78 is 0.